The summed E-state index contributed by atoms with van der Waals surface area (Å²) in [7, 11) is -2.17. The van der Waals surface area contributed by atoms with E-state index in [2.05, 4.69) is 5.32 Å². The SMILES string of the molecule is CNC(=O)CCCS(=O)(=O)c1ccc(Cl)c(C(=O)O)c1. The fourth-order valence-electron chi connectivity index (χ4n) is 1.53. The summed E-state index contributed by atoms with van der Waals surface area (Å²) in [6.07, 6.45) is 0.252. The molecule has 0 saturated heterocycles. The van der Waals surface area contributed by atoms with E-state index in [0.29, 0.717) is 0 Å². The van der Waals surface area contributed by atoms with Crippen LogP contribution >= 0.6 is 11.6 Å². The normalized spacial score (nSPS) is 11.1. The van der Waals surface area contributed by atoms with Crippen molar-refractivity contribution in [2.45, 2.75) is 17.7 Å². The number of carbonyl (C=O) groups is 2. The number of hydrogen-bond acceptors (Lipinski definition) is 4. The number of rotatable bonds is 6. The Morgan fingerprint density at radius 1 is 1.35 bits per heavy atom. The van der Waals surface area contributed by atoms with Crippen LogP contribution in [0.1, 0.15) is 23.2 Å². The van der Waals surface area contributed by atoms with Crippen molar-refractivity contribution in [1.82, 2.24) is 5.32 Å². The smallest absolute Gasteiger partial charge is 0.337 e. The second-order valence-corrected chi connectivity index (χ2v) is 6.56. The van der Waals surface area contributed by atoms with Gasteiger partial charge in [0.25, 0.3) is 0 Å². The first-order valence-corrected chi connectivity index (χ1v) is 7.77. The lowest BCUT2D eigenvalue weighted by atomic mass is 10.2. The number of carboxylic acids is 1. The predicted molar refractivity (Wildman–Crippen MR) is 73.8 cm³/mol. The monoisotopic (exact) mass is 319 g/mol. The van der Waals surface area contributed by atoms with Crippen LogP contribution in [0.4, 0.5) is 0 Å². The van der Waals surface area contributed by atoms with Gasteiger partial charge in [-0.05, 0) is 24.6 Å². The van der Waals surface area contributed by atoms with Gasteiger partial charge in [-0.2, -0.15) is 0 Å². The molecule has 0 saturated carbocycles. The molecular formula is C12H14ClNO5S. The lowest BCUT2D eigenvalue weighted by molar-refractivity contribution is -0.120. The van der Waals surface area contributed by atoms with Gasteiger partial charge in [-0.3, -0.25) is 4.79 Å². The molecular weight excluding hydrogens is 306 g/mol. The number of nitrogens with one attached hydrogen (secondary N) is 1. The van der Waals surface area contributed by atoms with E-state index in [1.807, 2.05) is 0 Å². The molecule has 0 aliphatic carbocycles. The summed E-state index contributed by atoms with van der Waals surface area (Å²) in [5, 5.41) is 11.3. The van der Waals surface area contributed by atoms with E-state index in [4.69, 9.17) is 16.7 Å². The molecule has 20 heavy (non-hydrogen) atoms. The quantitative estimate of drug-likeness (QED) is 0.824. The lowest BCUT2D eigenvalue weighted by Gasteiger charge is -2.06. The minimum Gasteiger partial charge on any atom is -0.478 e. The maximum Gasteiger partial charge on any atom is 0.337 e. The Hall–Kier alpha value is -1.60. The molecule has 110 valence electrons. The highest BCUT2D eigenvalue weighted by molar-refractivity contribution is 7.91. The molecule has 8 heteroatoms. The third-order valence-electron chi connectivity index (χ3n) is 2.62. The lowest BCUT2D eigenvalue weighted by Crippen LogP contribution is -2.18. The summed E-state index contributed by atoms with van der Waals surface area (Å²) in [6.45, 7) is 0. The maximum atomic E-state index is 12.0. The summed E-state index contributed by atoms with van der Waals surface area (Å²) in [5.74, 6) is -1.78. The molecule has 2 N–H and O–H groups in total. The molecule has 1 aromatic carbocycles. The van der Waals surface area contributed by atoms with Crippen LogP contribution < -0.4 is 5.32 Å². The average molecular weight is 320 g/mol. The molecule has 0 aliphatic rings. The molecule has 0 aliphatic heterocycles. The summed E-state index contributed by atoms with van der Waals surface area (Å²) < 4.78 is 24.0. The second kappa shape index (κ2) is 6.71. The summed E-state index contributed by atoms with van der Waals surface area (Å²) in [4.78, 5) is 21.8. The van der Waals surface area contributed by atoms with Gasteiger partial charge < -0.3 is 10.4 Å². The van der Waals surface area contributed by atoms with Crippen LogP contribution in [0.5, 0.6) is 0 Å². The highest BCUT2D eigenvalue weighted by Crippen LogP contribution is 2.21. The van der Waals surface area contributed by atoms with Crippen molar-refractivity contribution in [3.8, 4) is 0 Å². The molecule has 6 nitrogen and oxygen atoms in total. The van der Waals surface area contributed by atoms with E-state index in [-0.39, 0.29) is 40.0 Å². The zero-order chi connectivity index (χ0) is 15.3. The molecule has 0 fully saturated rings. The van der Waals surface area contributed by atoms with Crippen LogP contribution in [-0.4, -0.2) is 38.2 Å². The fourth-order valence-corrected chi connectivity index (χ4v) is 3.06. The zero-order valence-electron chi connectivity index (χ0n) is 10.7. The Morgan fingerprint density at radius 3 is 2.55 bits per heavy atom. The van der Waals surface area contributed by atoms with Gasteiger partial charge in [-0.25, -0.2) is 13.2 Å². The number of amides is 1. The van der Waals surface area contributed by atoms with E-state index in [1.165, 1.54) is 19.2 Å². The zero-order valence-corrected chi connectivity index (χ0v) is 12.3. The van der Waals surface area contributed by atoms with Gasteiger partial charge in [-0.15, -0.1) is 0 Å². The third-order valence-corrected chi connectivity index (χ3v) is 4.75. The highest BCUT2D eigenvalue weighted by Gasteiger charge is 2.18. The minimum atomic E-state index is -3.64. The van der Waals surface area contributed by atoms with Crippen molar-refractivity contribution in [3.63, 3.8) is 0 Å². The fraction of sp³-hybridized carbons (Fsp3) is 0.333. The standard InChI is InChI=1S/C12H14ClNO5S/c1-14-11(15)3-2-6-20(18,19)8-4-5-10(13)9(7-8)12(16)17/h4-5,7H,2-3,6H2,1H3,(H,14,15)(H,16,17). The number of aromatic carboxylic acids is 1. The molecule has 0 heterocycles. The van der Waals surface area contributed by atoms with Gasteiger partial charge in [0.15, 0.2) is 9.84 Å². The molecule has 0 radical (unpaired) electrons. The van der Waals surface area contributed by atoms with Crippen LogP contribution in [-0.2, 0) is 14.6 Å². The summed E-state index contributed by atoms with van der Waals surface area (Å²) in [6, 6.07) is 3.51. The van der Waals surface area contributed by atoms with Crippen molar-refractivity contribution in [1.29, 1.82) is 0 Å². The first-order valence-electron chi connectivity index (χ1n) is 5.74. The number of sulfone groups is 1. The molecule has 0 bridgehead atoms. The topological polar surface area (TPSA) is 101 Å². The van der Waals surface area contributed by atoms with E-state index < -0.39 is 15.8 Å². The Kier molecular flexibility index (Phi) is 5.52. The van der Waals surface area contributed by atoms with E-state index in [9.17, 15) is 18.0 Å². The molecule has 0 aromatic heterocycles. The van der Waals surface area contributed by atoms with Gasteiger partial charge in [0.1, 0.15) is 0 Å². The first-order chi connectivity index (χ1) is 9.27. The van der Waals surface area contributed by atoms with Gasteiger partial charge in [0, 0.05) is 13.5 Å². The Balaban J connectivity index is 2.90. The van der Waals surface area contributed by atoms with Gasteiger partial charge in [0.05, 0.1) is 21.2 Å². The van der Waals surface area contributed by atoms with E-state index >= 15 is 0 Å². The van der Waals surface area contributed by atoms with Crippen molar-refractivity contribution >= 4 is 33.3 Å². The molecule has 0 unspecified atom stereocenters. The van der Waals surface area contributed by atoms with Crippen LogP contribution in [0.15, 0.2) is 23.1 Å². The number of carbonyl (C=O) groups excluding carboxylic acids is 1. The Labute approximate surface area is 121 Å². The molecule has 1 rings (SSSR count). The largest absolute Gasteiger partial charge is 0.478 e. The second-order valence-electron chi connectivity index (χ2n) is 4.04. The van der Waals surface area contributed by atoms with Crippen molar-refractivity contribution < 1.29 is 23.1 Å². The van der Waals surface area contributed by atoms with Crippen LogP contribution in [0, 0.1) is 0 Å². The van der Waals surface area contributed by atoms with Crippen LogP contribution in [0.3, 0.4) is 0 Å². The summed E-state index contributed by atoms with van der Waals surface area (Å²) in [5.41, 5.74) is -0.265. The summed E-state index contributed by atoms with van der Waals surface area (Å²) >= 11 is 5.68. The number of halogens is 1. The van der Waals surface area contributed by atoms with Crippen molar-refractivity contribution in [2.24, 2.45) is 0 Å². The van der Waals surface area contributed by atoms with Gasteiger partial charge >= 0.3 is 5.97 Å². The Bertz CT molecular complexity index is 627. The average Bonchev–Trinajstić information content (AvgIpc) is 2.38. The third kappa shape index (κ3) is 4.21. The first kappa shape index (κ1) is 16.5. The number of carboxylic acid groups (broad SMARTS) is 1. The highest BCUT2D eigenvalue weighted by atomic mass is 35.5. The molecule has 0 spiro atoms. The van der Waals surface area contributed by atoms with Crippen LogP contribution in [0.2, 0.25) is 5.02 Å². The van der Waals surface area contributed by atoms with E-state index in [0.717, 1.165) is 6.07 Å². The number of benzene rings is 1. The maximum absolute atomic E-state index is 12.0. The van der Waals surface area contributed by atoms with Gasteiger partial charge in [0.2, 0.25) is 5.91 Å². The molecule has 1 amide bonds. The van der Waals surface area contributed by atoms with Crippen molar-refractivity contribution in [3.05, 3.63) is 28.8 Å². The predicted octanol–water partition coefficient (Wildman–Crippen LogP) is 1.34. The van der Waals surface area contributed by atoms with E-state index in [1.54, 1.807) is 0 Å². The number of hydrogen-bond donors (Lipinski definition) is 2. The Morgan fingerprint density at radius 2 is 2.00 bits per heavy atom. The molecule has 0 atom stereocenters. The minimum absolute atomic E-state index is 0.0261. The van der Waals surface area contributed by atoms with Crippen molar-refractivity contribution in [2.75, 3.05) is 12.8 Å². The van der Waals surface area contributed by atoms with Gasteiger partial charge in [-0.1, -0.05) is 11.6 Å². The van der Waals surface area contributed by atoms with Crippen LogP contribution in [0.25, 0.3) is 0 Å². The molecule has 1 aromatic rings.